The monoisotopic (exact) mass is 361 g/mol. The van der Waals surface area contributed by atoms with Crippen LogP contribution in [0.15, 0.2) is 24.3 Å². The van der Waals surface area contributed by atoms with Gasteiger partial charge in [0.1, 0.15) is 0 Å². The first kappa shape index (κ1) is 18.7. The average Bonchev–Trinajstić information content (AvgIpc) is 2.42. The van der Waals surface area contributed by atoms with E-state index in [1.165, 1.54) is 0 Å². The van der Waals surface area contributed by atoms with Crippen LogP contribution in [0.4, 0.5) is 18.9 Å². The molecule has 124 valence electrons. The molecule has 1 aromatic rings. The van der Waals surface area contributed by atoms with Gasteiger partial charge >= 0.3 is 6.18 Å². The first-order chi connectivity index (χ1) is 10.1. The lowest BCUT2D eigenvalue weighted by molar-refractivity contribution is -0.384. The van der Waals surface area contributed by atoms with Crippen molar-refractivity contribution in [2.75, 3.05) is 11.6 Å². The third kappa shape index (κ3) is 5.43. The van der Waals surface area contributed by atoms with E-state index in [9.17, 15) is 31.7 Å². The Morgan fingerprint density at radius 2 is 1.82 bits per heavy atom. The molecule has 0 bridgehead atoms. The standard InChI is InChI=1S/C11H11ClF3NO5S/c12-6-1-7-22(19,20)21-10(11(13,14)15)8-2-4-9(5-3-8)16(17)18/h2-5,10H,1,6-7H2. The minimum atomic E-state index is -5.00. The molecule has 0 heterocycles. The maximum atomic E-state index is 13.0. The third-order valence-electron chi connectivity index (χ3n) is 2.47. The molecular weight excluding hydrogens is 351 g/mol. The molecule has 22 heavy (non-hydrogen) atoms. The minimum Gasteiger partial charge on any atom is -0.258 e. The quantitative estimate of drug-likeness (QED) is 0.322. The molecule has 1 rings (SSSR count). The van der Waals surface area contributed by atoms with Gasteiger partial charge in [0.25, 0.3) is 15.8 Å². The predicted molar refractivity (Wildman–Crippen MR) is 72.1 cm³/mol. The van der Waals surface area contributed by atoms with Gasteiger partial charge in [-0.2, -0.15) is 21.6 Å². The maximum absolute atomic E-state index is 13.0. The van der Waals surface area contributed by atoms with E-state index in [-0.39, 0.29) is 12.3 Å². The molecule has 11 heteroatoms. The Morgan fingerprint density at radius 1 is 1.27 bits per heavy atom. The summed E-state index contributed by atoms with van der Waals surface area (Å²) in [6.45, 7) is 0. The van der Waals surface area contributed by atoms with Gasteiger partial charge in [-0.15, -0.1) is 11.6 Å². The Morgan fingerprint density at radius 3 is 2.23 bits per heavy atom. The van der Waals surface area contributed by atoms with E-state index >= 15 is 0 Å². The highest BCUT2D eigenvalue weighted by Gasteiger charge is 2.44. The molecule has 0 N–H and O–H groups in total. The number of nitro groups is 1. The zero-order valence-corrected chi connectivity index (χ0v) is 12.5. The number of nitro benzene ring substituents is 1. The lowest BCUT2D eigenvalue weighted by Crippen LogP contribution is -2.27. The van der Waals surface area contributed by atoms with Crippen LogP contribution in [0.5, 0.6) is 0 Å². The fourth-order valence-corrected chi connectivity index (χ4v) is 2.90. The van der Waals surface area contributed by atoms with E-state index in [1.54, 1.807) is 0 Å². The maximum Gasteiger partial charge on any atom is 0.420 e. The van der Waals surface area contributed by atoms with Gasteiger partial charge in [0.05, 0.1) is 10.7 Å². The van der Waals surface area contributed by atoms with E-state index in [1.807, 2.05) is 0 Å². The Labute approximate surface area is 129 Å². The molecule has 1 aromatic carbocycles. The number of benzene rings is 1. The molecule has 0 aromatic heterocycles. The molecule has 0 aliphatic carbocycles. The van der Waals surface area contributed by atoms with Crippen LogP contribution in [-0.4, -0.2) is 31.2 Å². The molecule has 0 saturated carbocycles. The first-order valence-corrected chi connectivity index (χ1v) is 7.96. The summed E-state index contributed by atoms with van der Waals surface area (Å²) in [5.74, 6) is -0.702. The lowest BCUT2D eigenvalue weighted by Gasteiger charge is -2.20. The smallest absolute Gasteiger partial charge is 0.258 e. The van der Waals surface area contributed by atoms with E-state index in [4.69, 9.17) is 11.6 Å². The SMILES string of the molecule is O=[N+]([O-])c1ccc(C(OS(=O)(=O)CCCCl)C(F)(F)F)cc1. The summed E-state index contributed by atoms with van der Waals surface area (Å²) in [5, 5.41) is 10.5. The van der Waals surface area contributed by atoms with Gasteiger partial charge in [-0.3, -0.25) is 14.3 Å². The average molecular weight is 362 g/mol. The predicted octanol–water partition coefficient (Wildman–Crippen LogP) is 3.17. The van der Waals surface area contributed by atoms with Gasteiger partial charge in [0.15, 0.2) is 6.10 Å². The van der Waals surface area contributed by atoms with Crippen LogP contribution in [0.1, 0.15) is 18.1 Å². The molecule has 0 fully saturated rings. The van der Waals surface area contributed by atoms with Crippen LogP contribution in [0.3, 0.4) is 0 Å². The summed E-state index contributed by atoms with van der Waals surface area (Å²) in [4.78, 5) is 9.68. The number of non-ortho nitro benzene ring substituents is 1. The minimum absolute atomic E-state index is 0.0448. The van der Waals surface area contributed by atoms with Gasteiger partial charge in [0.2, 0.25) is 0 Å². The van der Waals surface area contributed by atoms with Gasteiger partial charge in [-0.05, 0) is 24.1 Å². The second kappa shape index (κ2) is 7.25. The van der Waals surface area contributed by atoms with Crippen molar-refractivity contribution in [3.8, 4) is 0 Å². The van der Waals surface area contributed by atoms with Crippen molar-refractivity contribution in [2.45, 2.75) is 18.7 Å². The summed E-state index contributed by atoms with van der Waals surface area (Å²) >= 11 is 5.29. The van der Waals surface area contributed by atoms with Crippen LogP contribution in [0.2, 0.25) is 0 Å². The van der Waals surface area contributed by atoms with Crippen LogP contribution in [-0.2, 0) is 14.3 Å². The van der Waals surface area contributed by atoms with Crippen molar-refractivity contribution in [2.24, 2.45) is 0 Å². The highest BCUT2D eigenvalue weighted by molar-refractivity contribution is 7.86. The molecular formula is C11H11ClF3NO5S. The highest BCUT2D eigenvalue weighted by atomic mass is 35.5. The molecule has 0 amide bonds. The van der Waals surface area contributed by atoms with Crippen LogP contribution < -0.4 is 0 Å². The number of rotatable bonds is 7. The van der Waals surface area contributed by atoms with Gasteiger partial charge in [0, 0.05) is 18.0 Å². The van der Waals surface area contributed by atoms with Crippen LogP contribution in [0.25, 0.3) is 0 Å². The van der Waals surface area contributed by atoms with E-state index in [0.717, 1.165) is 24.3 Å². The van der Waals surface area contributed by atoms with E-state index in [2.05, 4.69) is 4.18 Å². The number of halogens is 4. The zero-order valence-electron chi connectivity index (χ0n) is 10.9. The summed E-state index contributed by atoms with van der Waals surface area (Å²) in [7, 11) is -4.44. The summed E-state index contributed by atoms with van der Waals surface area (Å²) < 4.78 is 66.1. The van der Waals surface area contributed by atoms with Crippen molar-refractivity contribution >= 4 is 27.4 Å². The molecule has 0 radical (unpaired) electrons. The van der Waals surface area contributed by atoms with Crippen LogP contribution >= 0.6 is 11.6 Å². The summed E-state index contributed by atoms with van der Waals surface area (Å²) in [6.07, 6.45) is -7.78. The molecule has 1 atom stereocenters. The summed E-state index contributed by atoms with van der Waals surface area (Å²) in [5.41, 5.74) is -0.970. The van der Waals surface area contributed by atoms with Crippen LogP contribution in [0, 0.1) is 10.1 Å². The van der Waals surface area contributed by atoms with E-state index in [0.29, 0.717) is 0 Å². The van der Waals surface area contributed by atoms with Crippen molar-refractivity contribution in [1.82, 2.24) is 0 Å². The number of alkyl halides is 4. The fourth-order valence-electron chi connectivity index (χ4n) is 1.50. The van der Waals surface area contributed by atoms with Crippen molar-refractivity contribution in [3.05, 3.63) is 39.9 Å². The van der Waals surface area contributed by atoms with Crippen molar-refractivity contribution in [3.63, 3.8) is 0 Å². The molecule has 0 spiro atoms. The van der Waals surface area contributed by atoms with Gasteiger partial charge < -0.3 is 0 Å². The molecule has 0 saturated heterocycles. The zero-order chi connectivity index (χ0) is 17.0. The molecule has 0 aliphatic rings. The van der Waals surface area contributed by atoms with Crippen molar-refractivity contribution in [1.29, 1.82) is 0 Å². The van der Waals surface area contributed by atoms with Crippen molar-refractivity contribution < 1.29 is 30.7 Å². The van der Waals surface area contributed by atoms with Gasteiger partial charge in [-0.1, -0.05) is 0 Å². The Hall–Kier alpha value is -1.39. The first-order valence-electron chi connectivity index (χ1n) is 5.85. The Kier molecular flexibility index (Phi) is 6.15. The lowest BCUT2D eigenvalue weighted by atomic mass is 10.1. The van der Waals surface area contributed by atoms with E-state index < -0.39 is 44.3 Å². The Balaban J connectivity index is 3.06. The normalized spacial score (nSPS) is 13.8. The second-order valence-electron chi connectivity index (χ2n) is 4.17. The molecule has 0 aliphatic heterocycles. The molecule has 6 nitrogen and oxygen atoms in total. The number of hydrogen-bond acceptors (Lipinski definition) is 5. The number of nitrogens with zero attached hydrogens (tertiary/aromatic N) is 1. The fraction of sp³-hybridized carbons (Fsp3) is 0.455. The highest BCUT2D eigenvalue weighted by Crippen LogP contribution is 2.37. The topological polar surface area (TPSA) is 86.5 Å². The Bertz CT molecular complexity index is 618. The molecule has 1 unspecified atom stereocenters. The number of hydrogen-bond donors (Lipinski definition) is 0. The largest absolute Gasteiger partial charge is 0.420 e. The second-order valence-corrected chi connectivity index (χ2v) is 6.26. The summed E-state index contributed by atoms with van der Waals surface area (Å²) in [6, 6.07) is 3.27. The third-order valence-corrected chi connectivity index (χ3v) is 4.02. The van der Waals surface area contributed by atoms with Gasteiger partial charge in [-0.25, -0.2) is 0 Å².